The van der Waals surface area contributed by atoms with Gasteiger partial charge in [-0.25, -0.2) is 0 Å². The first kappa shape index (κ1) is 15.1. The topological polar surface area (TPSA) is 56.1 Å². The predicted octanol–water partition coefficient (Wildman–Crippen LogP) is 2.95. The average molecular weight is 305 g/mol. The molecule has 0 radical (unpaired) electrons. The van der Waals surface area contributed by atoms with Crippen LogP contribution < -0.4 is 5.32 Å². The van der Waals surface area contributed by atoms with Crippen LogP contribution in [0.1, 0.15) is 23.1 Å². The molecule has 0 fully saturated rings. The van der Waals surface area contributed by atoms with Gasteiger partial charge in [-0.3, -0.25) is 4.79 Å². The van der Waals surface area contributed by atoms with E-state index in [4.69, 9.17) is 5.26 Å². The third-order valence-electron chi connectivity index (χ3n) is 4.19. The van der Waals surface area contributed by atoms with E-state index in [0.717, 1.165) is 18.7 Å². The number of nitrogens with one attached hydrogen (secondary N) is 1. The molecule has 4 heteroatoms. The quantitative estimate of drug-likeness (QED) is 0.945. The first-order chi connectivity index (χ1) is 11.3. The number of fused-ring (bicyclic) bond motifs is 1. The molecule has 2 aromatic carbocycles. The van der Waals surface area contributed by atoms with Gasteiger partial charge in [0.05, 0.1) is 11.3 Å². The third-order valence-corrected chi connectivity index (χ3v) is 4.19. The van der Waals surface area contributed by atoms with Crippen LogP contribution in [0.2, 0.25) is 0 Å². The van der Waals surface area contributed by atoms with Crippen molar-refractivity contribution in [2.75, 3.05) is 18.4 Å². The van der Waals surface area contributed by atoms with Crippen molar-refractivity contribution < 1.29 is 4.79 Å². The van der Waals surface area contributed by atoms with Gasteiger partial charge in [-0.1, -0.05) is 36.4 Å². The number of carbonyl (C=O) groups is 1. The van der Waals surface area contributed by atoms with Crippen LogP contribution in [0.3, 0.4) is 0 Å². The molecule has 0 saturated carbocycles. The normalized spacial score (nSPS) is 13.1. The minimum absolute atomic E-state index is 0.154. The second-order valence-corrected chi connectivity index (χ2v) is 5.67. The van der Waals surface area contributed by atoms with Gasteiger partial charge < -0.3 is 10.2 Å². The van der Waals surface area contributed by atoms with Crippen molar-refractivity contribution in [3.63, 3.8) is 0 Å². The summed E-state index contributed by atoms with van der Waals surface area (Å²) in [4.78, 5) is 14.3. The molecular formula is C19H19N3O. The molecule has 0 saturated heterocycles. The first-order valence-electron chi connectivity index (χ1n) is 7.85. The number of anilines is 1. The number of amides is 1. The van der Waals surface area contributed by atoms with E-state index in [1.54, 1.807) is 6.07 Å². The zero-order valence-corrected chi connectivity index (χ0v) is 13.0. The molecule has 0 spiro atoms. The number of nitriles is 1. The van der Waals surface area contributed by atoms with Gasteiger partial charge in [-0.2, -0.15) is 5.26 Å². The number of carbonyl (C=O) groups excluding carboxylic acids is 1. The number of para-hydroxylation sites is 1. The fraction of sp³-hybridized carbons (Fsp3) is 0.263. The molecule has 2 aromatic rings. The highest BCUT2D eigenvalue weighted by Gasteiger charge is 2.19. The van der Waals surface area contributed by atoms with E-state index in [1.165, 1.54) is 11.1 Å². The maximum Gasteiger partial charge on any atom is 0.224 e. The molecule has 1 N–H and O–H groups in total. The second-order valence-electron chi connectivity index (χ2n) is 5.67. The van der Waals surface area contributed by atoms with Crippen LogP contribution in [0.5, 0.6) is 0 Å². The largest absolute Gasteiger partial charge is 0.383 e. The number of nitrogens with zero attached hydrogens (tertiary/aromatic N) is 2. The fourth-order valence-electron chi connectivity index (χ4n) is 2.91. The Hall–Kier alpha value is -2.80. The van der Waals surface area contributed by atoms with E-state index in [1.807, 2.05) is 35.2 Å². The molecule has 0 bridgehead atoms. The average Bonchev–Trinajstić information content (AvgIpc) is 2.61. The van der Waals surface area contributed by atoms with E-state index >= 15 is 0 Å². The standard InChI is InChI=1S/C19H19N3O/c20-13-16-6-3-4-8-18(16)21-11-9-19(23)22-12-10-15-5-1-2-7-17(15)14-22/h1-8,21H,9-12,14H2. The van der Waals surface area contributed by atoms with Gasteiger partial charge >= 0.3 is 0 Å². The molecular weight excluding hydrogens is 286 g/mol. The molecule has 0 atom stereocenters. The third kappa shape index (κ3) is 3.51. The summed E-state index contributed by atoms with van der Waals surface area (Å²) in [6, 6.07) is 17.8. The van der Waals surface area contributed by atoms with Crippen molar-refractivity contribution in [3.8, 4) is 6.07 Å². The number of rotatable bonds is 4. The van der Waals surface area contributed by atoms with Crippen molar-refractivity contribution in [1.29, 1.82) is 5.26 Å². The van der Waals surface area contributed by atoms with Crippen LogP contribution in [0.15, 0.2) is 48.5 Å². The Morgan fingerprint density at radius 1 is 1.13 bits per heavy atom. The van der Waals surface area contributed by atoms with Gasteiger partial charge in [-0.15, -0.1) is 0 Å². The van der Waals surface area contributed by atoms with Gasteiger partial charge in [0.15, 0.2) is 0 Å². The van der Waals surface area contributed by atoms with E-state index in [0.29, 0.717) is 25.1 Å². The van der Waals surface area contributed by atoms with Crippen LogP contribution in [-0.4, -0.2) is 23.9 Å². The van der Waals surface area contributed by atoms with Gasteiger partial charge in [0.25, 0.3) is 0 Å². The van der Waals surface area contributed by atoms with E-state index in [-0.39, 0.29) is 5.91 Å². The molecule has 0 aliphatic carbocycles. The zero-order valence-electron chi connectivity index (χ0n) is 13.0. The van der Waals surface area contributed by atoms with Crippen LogP contribution in [0.4, 0.5) is 5.69 Å². The summed E-state index contributed by atoms with van der Waals surface area (Å²) in [5, 5.41) is 12.2. The Morgan fingerprint density at radius 3 is 2.70 bits per heavy atom. The number of hydrogen-bond acceptors (Lipinski definition) is 3. The van der Waals surface area contributed by atoms with Crippen LogP contribution in [0, 0.1) is 11.3 Å². The predicted molar refractivity (Wildman–Crippen MR) is 89.8 cm³/mol. The molecule has 1 aliphatic rings. The van der Waals surface area contributed by atoms with Crippen molar-refractivity contribution in [3.05, 3.63) is 65.2 Å². The maximum absolute atomic E-state index is 12.4. The molecule has 3 rings (SSSR count). The number of hydrogen-bond donors (Lipinski definition) is 1. The van der Waals surface area contributed by atoms with E-state index in [9.17, 15) is 4.79 Å². The lowest BCUT2D eigenvalue weighted by atomic mass is 10.00. The summed E-state index contributed by atoms with van der Waals surface area (Å²) < 4.78 is 0. The van der Waals surface area contributed by atoms with Crippen molar-refractivity contribution in [1.82, 2.24) is 4.90 Å². The van der Waals surface area contributed by atoms with Gasteiger partial charge in [-0.05, 0) is 29.7 Å². The van der Waals surface area contributed by atoms with Crippen LogP contribution in [0.25, 0.3) is 0 Å². The minimum Gasteiger partial charge on any atom is -0.383 e. The Kier molecular flexibility index (Phi) is 4.58. The van der Waals surface area contributed by atoms with Crippen molar-refractivity contribution >= 4 is 11.6 Å². The molecule has 1 amide bonds. The maximum atomic E-state index is 12.4. The smallest absolute Gasteiger partial charge is 0.224 e. The Bertz CT molecular complexity index is 748. The van der Waals surface area contributed by atoms with E-state index in [2.05, 4.69) is 23.5 Å². The summed E-state index contributed by atoms with van der Waals surface area (Å²) >= 11 is 0. The number of benzene rings is 2. The first-order valence-corrected chi connectivity index (χ1v) is 7.85. The zero-order chi connectivity index (χ0) is 16.1. The van der Waals surface area contributed by atoms with Gasteiger partial charge in [0, 0.05) is 26.1 Å². The Labute approximate surface area is 136 Å². The highest BCUT2D eigenvalue weighted by molar-refractivity contribution is 5.77. The summed E-state index contributed by atoms with van der Waals surface area (Å²) in [5.41, 5.74) is 3.98. The lowest BCUT2D eigenvalue weighted by Gasteiger charge is -2.29. The highest BCUT2D eigenvalue weighted by Crippen LogP contribution is 2.19. The Morgan fingerprint density at radius 2 is 1.87 bits per heavy atom. The Balaban J connectivity index is 1.54. The molecule has 23 heavy (non-hydrogen) atoms. The molecule has 0 unspecified atom stereocenters. The molecule has 1 aliphatic heterocycles. The molecule has 116 valence electrons. The SMILES string of the molecule is N#Cc1ccccc1NCCC(=O)N1CCc2ccccc2C1. The fourth-order valence-corrected chi connectivity index (χ4v) is 2.91. The van der Waals surface area contributed by atoms with Crippen LogP contribution in [-0.2, 0) is 17.8 Å². The molecule has 4 nitrogen and oxygen atoms in total. The van der Waals surface area contributed by atoms with Crippen molar-refractivity contribution in [2.24, 2.45) is 0 Å². The second kappa shape index (κ2) is 6.97. The van der Waals surface area contributed by atoms with Gasteiger partial charge in [0.1, 0.15) is 6.07 Å². The lowest BCUT2D eigenvalue weighted by Crippen LogP contribution is -2.36. The van der Waals surface area contributed by atoms with Crippen molar-refractivity contribution in [2.45, 2.75) is 19.4 Å². The summed E-state index contributed by atoms with van der Waals surface area (Å²) in [7, 11) is 0. The lowest BCUT2D eigenvalue weighted by molar-refractivity contribution is -0.131. The summed E-state index contributed by atoms with van der Waals surface area (Å²) in [5.74, 6) is 0.154. The highest BCUT2D eigenvalue weighted by atomic mass is 16.2. The van der Waals surface area contributed by atoms with E-state index < -0.39 is 0 Å². The molecule has 0 aromatic heterocycles. The monoisotopic (exact) mass is 305 g/mol. The minimum atomic E-state index is 0.154. The molecule has 1 heterocycles. The van der Waals surface area contributed by atoms with Crippen LogP contribution >= 0.6 is 0 Å². The summed E-state index contributed by atoms with van der Waals surface area (Å²) in [6.45, 7) is 2.02. The summed E-state index contributed by atoms with van der Waals surface area (Å²) in [6.07, 6.45) is 1.36. The van der Waals surface area contributed by atoms with Gasteiger partial charge in [0.2, 0.25) is 5.91 Å².